The van der Waals surface area contributed by atoms with E-state index in [-0.39, 0.29) is 18.4 Å². The number of hydrogen-bond acceptors (Lipinski definition) is 4. The standard InChI is InChI=1S/C16H18N4O2/c1-12(21)19-13-6-4-7-14(9-13)20-16(22)11-17-10-15-5-2-3-8-18-15/h2-9,17H,10-11H2,1H3,(H,19,21)(H,20,22). The van der Waals surface area contributed by atoms with Crippen molar-refractivity contribution < 1.29 is 9.59 Å². The van der Waals surface area contributed by atoms with Gasteiger partial charge in [0.15, 0.2) is 0 Å². The van der Waals surface area contributed by atoms with E-state index in [9.17, 15) is 9.59 Å². The Labute approximate surface area is 129 Å². The van der Waals surface area contributed by atoms with Gasteiger partial charge in [-0.3, -0.25) is 14.6 Å². The maximum absolute atomic E-state index is 11.9. The van der Waals surface area contributed by atoms with E-state index in [4.69, 9.17) is 0 Å². The molecule has 1 heterocycles. The first-order chi connectivity index (χ1) is 10.6. The van der Waals surface area contributed by atoms with E-state index in [0.717, 1.165) is 5.69 Å². The molecule has 6 heteroatoms. The molecule has 0 atom stereocenters. The molecule has 0 bridgehead atoms. The molecule has 0 spiro atoms. The van der Waals surface area contributed by atoms with Crippen molar-refractivity contribution in [2.75, 3.05) is 17.2 Å². The van der Waals surface area contributed by atoms with Crippen molar-refractivity contribution in [3.8, 4) is 0 Å². The van der Waals surface area contributed by atoms with Crippen molar-refractivity contribution in [2.45, 2.75) is 13.5 Å². The highest BCUT2D eigenvalue weighted by Crippen LogP contribution is 2.14. The first-order valence-corrected chi connectivity index (χ1v) is 6.91. The van der Waals surface area contributed by atoms with E-state index in [0.29, 0.717) is 17.9 Å². The summed E-state index contributed by atoms with van der Waals surface area (Å²) in [6, 6.07) is 12.6. The number of pyridine rings is 1. The smallest absolute Gasteiger partial charge is 0.238 e. The van der Waals surface area contributed by atoms with E-state index in [1.807, 2.05) is 18.2 Å². The van der Waals surface area contributed by atoms with Gasteiger partial charge in [0.1, 0.15) is 0 Å². The summed E-state index contributed by atoms with van der Waals surface area (Å²) in [6.07, 6.45) is 1.71. The summed E-state index contributed by atoms with van der Waals surface area (Å²) >= 11 is 0. The number of rotatable bonds is 6. The largest absolute Gasteiger partial charge is 0.326 e. The van der Waals surface area contributed by atoms with Crippen LogP contribution in [0.4, 0.5) is 11.4 Å². The molecule has 0 saturated carbocycles. The highest BCUT2D eigenvalue weighted by molar-refractivity contribution is 5.94. The average Bonchev–Trinajstić information content (AvgIpc) is 2.48. The van der Waals surface area contributed by atoms with Crippen molar-refractivity contribution in [3.63, 3.8) is 0 Å². The Morgan fingerprint density at radius 1 is 1.05 bits per heavy atom. The number of nitrogens with one attached hydrogen (secondary N) is 3. The summed E-state index contributed by atoms with van der Waals surface area (Å²) < 4.78 is 0. The van der Waals surface area contributed by atoms with Crippen LogP contribution in [0.2, 0.25) is 0 Å². The fourth-order valence-corrected chi connectivity index (χ4v) is 1.89. The van der Waals surface area contributed by atoms with Crippen LogP contribution in [-0.4, -0.2) is 23.3 Å². The lowest BCUT2D eigenvalue weighted by Gasteiger charge is -2.08. The van der Waals surface area contributed by atoms with Gasteiger partial charge >= 0.3 is 0 Å². The molecule has 0 unspecified atom stereocenters. The van der Waals surface area contributed by atoms with E-state index >= 15 is 0 Å². The molecule has 0 fully saturated rings. The van der Waals surface area contributed by atoms with Crippen LogP contribution >= 0.6 is 0 Å². The molecule has 1 aromatic carbocycles. The van der Waals surface area contributed by atoms with Gasteiger partial charge in [-0.1, -0.05) is 12.1 Å². The third-order valence-electron chi connectivity index (χ3n) is 2.78. The minimum absolute atomic E-state index is 0.152. The molecule has 2 rings (SSSR count). The summed E-state index contributed by atoms with van der Waals surface area (Å²) in [5, 5.41) is 8.46. The number of carbonyl (C=O) groups excluding carboxylic acids is 2. The minimum Gasteiger partial charge on any atom is -0.326 e. The van der Waals surface area contributed by atoms with Crippen LogP contribution in [0, 0.1) is 0 Å². The van der Waals surface area contributed by atoms with Crippen LogP contribution in [-0.2, 0) is 16.1 Å². The van der Waals surface area contributed by atoms with Gasteiger partial charge in [0.05, 0.1) is 12.2 Å². The molecule has 3 N–H and O–H groups in total. The zero-order chi connectivity index (χ0) is 15.8. The van der Waals surface area contributed by atoms with Gasteiger partial charge in [0.25, 0.3) is 0 Å². The van der Waals surface area contributed by atoms with Crippen LogP contribution < -0.4 is 16.0 Å². The monoisotopic (exact) mass is 298 g/mol. The van der Waals surface area contributed by atoms with Gasteiger partial charge in [-0.15, -0.1) is 0 Å². The zero-order valence-electron chi connectivity index (χ0n) is 12.3. The molecule has 2 amide bonds. The first-order valence-electron chi connectivity index (χ1n) is 6.91. The van der Waals surface area contributed by atoms with Gasteiger partial charge in [-0.2, -0.15) is 0 Å². The second-order valence-electron chi connectivity index (χ2n) is 4.73. The number of benzene rings is 1. The predicted molar refractivity (Wildman–Crippen MR) is 85.3 cm³/mol. The molecular formula is C16H18N4O2. The van der Waals surface area contributed by atoms with Crippen molar-refractivity contribution >= 4 is 23.2 Å². The summed E-state index contributed by atoms with van der Waals surface area (Å²) in [7, 11) is 0. The molecule has 22 heavy (non-hydrogen) atoms. The quantitative estimate of drug-likeness (QED) is 0.759. The van der Waals surface area contributed by atoms with Crippen LogP contribution in [0.25, 0.3) is 0 Å². The Morgan fingerprint density at radius 3 is 2.50 bits per heavy atom. The summed E-state index contributed by atoms with van der Waals surface area (Å²) in [5.74, 6) is -0.309. The van der Waals surface area contributed by atoms with E-state index < -0.39 is 0 Å². The Morgan fingerprint density at radius 2 is 1.82 bits per heavy atom. The second kappa shape index (κ2) is 7.90. The van der Waals surface area contributed by atoms with Crippen LogP contribution in [0.3, 0.4) is 0 Å². The third-order valence-corrected chi connectivity index (χ3v) is 2.78. The lowest BCUT2D eigenvalue weighted by molar-refractivity contribution is -0.115. The molecule has 0 aliphatic rings. The second-order valence-corrected chi connectivity index (χ2v) is 4.73. The summed E-state index contributed by atoms with van der Waals surface area (Å²) in [4.78, 5) is 27.0. The van der Waals surface area contributed by atoms with Gasteiger partial charge in [-0.25, -0.2) is 0 Å². The van der Waals surface area contributed by atoms with Gasteiger partial charge < -0.3 is 16.0 Å². The van der Waals surface area contributed by atoms with E-state index in [1.54, 1.807) is 30.5 Å². The molecule has 1 aromatic heterocycles. The first kappa shape index (κ1) is 15.7. The fraction of sp³-hybridized carbons (Fsp3) is 0.188. The molecular weight excluding hydrogens is 280 g/mol. The minimum atomic E-state index is -0.157. The number of carbonyl (C=O) groups is 2. The highest BCUT2D eigenvalue weighted by Gasteiger charge is 2.03. The molecule has 2 aromatic rings. The molecule has 0 aliphatic heterocycles. The normalized spacial score (nSPS) is 10.0. The van der Waals surface area contributed by atoms with Crippen LogP contribution in [0.5, 0.6) is 0 Å². The highest BCUT2D eigenvalue weighted by atomic mass is 16.2. The van der Waals surface area contributed by atoms with Crippen LogP contribution in [0.15, 0.2) is 48.7 Å². The van der Waals surface area contributed by atoms with Crippen molar-refractivity contribution in [1.82, 2.24) is 10.3 Å². The Bertz CT molecular complexity index is 644. The Balaban J connectivity index is 1.80. The Kier molecular flexibility index (Phi) is 5.62. The topological polar surface area (TPSA) is 83.1 Å². The fourth-order valence-electron chi connectivity index (χ4n) is 1.89. The predicted octanol–water partition coefficient (Wildman–Crippen LogP) is 1.77. The van der Waals surface area contributed by atoms with Crippen molar-refractivity contribution in [1.29, 1.82) is 0 Å². The third kappa shape index (κ3) is 5.34. The zero-order valence-corrected chi connectivity index (χ0v) is 12.3. The molecule has 0 saturated heterocycles. The van der Waals surface area contributed by atoms with Gasteiger partial charge in [-0.05, 0) is 30.3 Å². The summed E-state index contributed by atoms with van der Waals surface area (Å²) in [6.45, 7) is 2.15. The van der Waals surface area contributed by atoms with Crippen molar-refractivity contribution in [3.05, 3.63) is 54.4 Å². The molecule has 0 aliphatic carbocycles. The number of aromatic nitrogens is 1. The molecule has 114 valence electrons. The Hall–Kier alpha value is -2.73. The lowest BCUT2D eigenvalue weighted by atomic mass is 10.2. The number of nitrogens with zero attached hydrogens (tertiary/aromatic N) is 1. The van der Waals surface area contributed by atoms with Crippen molar-refractivity contribution in [2.24, 2.45) is 0 Å². The molecule has 6 nitrogen and oxygen atoms in total. The number of amides is 2. The summed E-state index contributed by atoms with van der Waals surface area (Å²) in [5.41, 5.74) is 2.16. The maximum atomic E-state index is 11.9. The number of hydrogen-bond donors (Lipinski definition) is 3. The van der Waals surface area contributed by atoms with Gasteiger partial charge in [0, 0.05) is 31.0 Å². The van der Waals surface area contributed by atoms with Crippen LogP contribution in [0.1, 0.15) is 12.6 Å². The van der Waals surface area contributed by atoms with E-state index in [2.05, 4.69) is 20.9 Å². The SMILES string of the molecule is CC(=O)Nc1cccc(NC(=O)CNCc2ccccn2)c1. The van der Waals surface area contributed by atoms with E-state index in [1.165, 1.54) is 6.92 Å². The lowest BCUT2D eigenvalue weighted by Crippen LogP contribution is -2.28. The van der Waals surface area contributed by atoms with Gasteiger partial charge in [0.2, 0.25) is 11.8 Å². The number of anilines is 2. The molecule has 0 radical (unpaired) electrons. The maximum Gasteiger partial charge on any atom is 0.238 e. The average molecular weight is 298 g/mol.